The van der Waals surface area contributed by atoms with E-state index >= 15 is 0 Å². The topological polar surface area (TPSA) is 46.2 Å². The van der Waals surface area contributed by atoms with E-state index in [-0.39, 0.29) is 0 Å². The number of hydrogen-bond donors (Lipinski definition) is 1. The van der Waals surface area contributed by atoms with Gasteiger partial charge in [0.2, 0.25) is 10.0 Å². The molecule has 112 valence electrons. The molecule has 1 heterocycles. The van der Waals surface area contributed by atoms with Gasteiger partial charge in [-0.1, -0.05) is 48.5 Å². The fourth-order valence-electron chi connectivity index (χ4n) is 2.33. The molecular formula is C17H15NO2S2. The molecule has 0 spiro atoms. The van der Waals surface area contributed by atoms with E-state index in [4.69, 9.17) is 0 Å². The zero-order valence-corrected chi connectivity index (χ0v) is 13.6. The summed E-state index contributed by atoms with van der Waals surface area (Å²) in [6.07, 6.45) is 2.72. The Morgan fingerprint density at radius 3 is 2.59 bits per heavy atom. The molecule has 0 aromatic carbocycles. The van der Waals surface area contributed by atoms with Crippen LogP contribution < -0.4 is 4.72 Å². The van der Waals surface area contributed by atoms with Crippen LogP contribution in [0.2, 0.25) is 0 Å². The van der Waals surface area contributed by atoms with E-state index in [2.05, 4.69) is 10.8 Å². The number of hydrogen-bond acceptors (Lipinski definition) is 3. The lowest BCUT2D eigenvalue weighted by molar-refractivity contribution is 0.596. The molecule has 3 nitrogen and oxygen atoms in total. The molecule has 1 aromatic rings. The van der Waals surface area contributed by atoms with E-state index in [0.29, 0.717) is 0 Å². The second-order valence-corrected chi connectivity index (χ2v) is 7.68. The summed E-state index contributed by atoms with van der Waals surface area (Å²) in [6.45, 7) is 0. The van der Waals surface area contributed by atoms with Gasteiger partial charge in [-0.05, 0) is 28.1 Å². The van der Waals surface area contributed by atoms with Gasteiger partial charge in [0.15, 0.2) is 0 Å². The highest BCUT2D eigenvalue weighted by Gasteiger charge is 2.14. The second kappa shape index (κ2) is 5.94. The quantitative estimate of drug-likeness (QED) is 0.791. The lowest BCUT2D eigenvalue weighted by Gasteiger charge is -2.07. The average molecular weight is 329 g/mol. The summed E-state index contributed by atoms with van der Waals surface area (Å²) in [5.41, 5.74) is 4.12. The Labute approximate surface area is 134 Å². The molecule has 0 atom stereocenters. The van der Waals surface area contributed by atoms with Crippen molar-refractivity contribution in [2.75, 3.05) is 6.26 Å². The molecule has 22 heavy (non-hydrogen) atoms. The summed E-state index contributed by atoms with van der Waals surface area (Å²) in [5, 5.41) is 1.98. The highest BCUT2D eigenvalue weighted by Crippen LogP contribution is 2.36. The van der Waals surface area contributed by atoms with Crippen molar-refractivity contribution in [2.45, 2.75) is 0 Å². The van der Waals surface area contributed by atoms with Gasteiger partial charge in [-0.2, -0.15) is 0 Å². The third-order valence-electron chi connectivity index (χ3n) is 3.29. The Kier molecular flexibility index (Phi) is 4.00. The SMILES string of the molecule is CS(=O)(=O)NC=C(c1cccs1)c1ccc2cccccc1-2. The first-order chi connectivity index (χ1) is 10.5. The first kappa shape index (κ1) is 14.8. The van der Waals surface area contributed by atoms with E-state index in [9.17, 15) is 8.42 Å². The lowest BCUT2D eigenvalue weighted by Crippen LogP contribution is -2.15. The molecule has 0 amide bonds. The van der Waals surface area contributed by atoms with Gasteiger partial charge in [0.1, 0.15) is 0 Å². The average Bonchev–Trinajstić information content (AvgIpc) is 3.05. The Bertz CT molecular complexity index is 881. The highest BCUT2D eigenvalue weighted by molar-refractivity contribution is 7.88. The summed E-state index contributed by atoms with van der Waals surface area (Å²) >= 11 is 1.58. The van der Waals surface area contributed by atoms with Crippen LogP contribution in [0.25, 0.3) is 16.7 Å². The fraction of sp³-hybridized carbons (Fsp3) is 0.0588. The minimum Gasteiger partial charge on any atom is -0.290 e. The van der Waals surface area contributed by atoms with E-state index in [1.165, 1.54) is 0 Å². The van der Waals surface area contributed by atoms with Crippen LogP contribution in [0.4, 0.5) is 0 Å². The maximum atomic E-state index is 11.4. The molecule has 1 N–H and O–H groups in total. The number of nitrogens with one attached hydrogen (secondary N) is 1. The standard InChI is InChI=1S/C17H15NO2S2/c1-22(19,20)18-12-16(17-8-5-11-21-17)15-10-9-13-6-3-2-4-7-14(13)15/h2-12,18H,1H3. The van der Waals surface area contributed by atoms with Gasteiger partial charge < -0.3 is 0 Å². The maximum absolute atomic E-state index is 11.4. The summed E-state index contributed by atoms with van der Waals surface area (Å²) in [6, 6.07) is 18.1. The lowest BCUT2D eigenvalue weighted by atomic mass is 10.0. The molecule has 0 aliphatic heterocycles. The molecule has 2 aliphatic carbocycles. The minimum atomic E-state index is -3.29. The maximum Gasteiger partial charge on any atom is 0.229 e. The first-order valence-corrected chi connectivity index (χ1v) is 9.51. The van der Waals surface area contributed by atoms with Crippen molar-refractivity contribution in [3.8, 4) is 11.1 Å². The molecule has 0 saturated heterocycles. The van der Waals surface area contributed by atoms with E-state index in [0.717, 1.165) is 33.4 Å². The molecule has 0 unspecified atom stereocenters. The number of thiophene rings is 1. The van der Waals surface area contributed by atoms with Gasteiger partial charge >= 0.3 is 0 Å². The van der Waals surface area contributed by atoms with Crippen molar-refractivity contribution in [1.82, 2.24) is 4.72 Å². The zero-order valence-electron chi connectivity index (χ0n) is 12.0. The number of rotatable bonds is 4. The van der Waals surface area contributed by atoms with Crippen LogP contribution in [0.5, 0.6) is 0 Å². The van der Waals surface area contributed by atoms with Gasteiger partial charge in [0.05, 0.1) is 6.26 Å². The molecular weight excluding hydrogens is 314 g/mol. The van der Waals surface area contributed by atoms with Gasteiger partial charge in [-0.15, -0.1) is 11.3 Å². The molecule has 0 fully saturated rings. The van der Waals surface area contributed by atoms with Crippen LogP contribution in [-0.2, 0) is 10.0 Å². The molecule has 0 radical (unpaired) electrons. The Balaban J connectivity index is 2.14. The molecule has 5 heteroatoms. The minimum absolute atomic E-state index is 0.877. The fourth-order valence-corrected chi connectivity index (χ4v) is 3.42. The Morgan fingerprint density at radius 1 is 1.05 bits per heavy atom. The van der Waals surface area contributed by atoms with Crippen LogP contribution in [0, 0.1) is 0 Å². The Morgan fingerprint density at radius 2 is 1.86 bits per heavy atom. The van der Waals surface area contributed by atoms with Crippen molar-refractivity contribution in [3.05, 3.63) is 76.6 Å². The van der Waals surface area contributed by atoms with E-state index in [1.54, 1.807) is 17.5 Å². The van der Waals surface area contributed by atoms with Crippen LogP contribution in [-0.4, -0.2) is 14.7 Å². The van der Waals surface area contributed by atoms with Crippen molar-refractivity contribution < 1.29 is 8.42 Å². The van der Waals surface area contributed by atoms with Crippen molar-refractivity contribution in [1.29, 1.82) is 0 Å². The van der Waals surface area contributed by atoms with Crippen LogP contribution in [0.1, 0.15) is 10.4 Å². The summed E-state index contributed by atoms with van der Waals surface area (Å²) < 4.78 is 25.4. The summed E-state index contributed by atoms with van der Waals surface area (Å²) in [4.78, 5) is 1.02. The highest BCUT2D eigenvalue weighted by atomic mass is 32.2. The molecule has 0 bridgehead atoms. The van der Waals surface area contributed by atoms with Gasteiger partial charge in [0.25, 0.3) is 0 Å². The Hall–Kier alpha value is -2.11. The monoisotopic (exact) mass is 329 g/mol. The molecule has 3 rings (SSSR count). The van der Waals surface area contributed by atoms with Gasteiger partial charge in [-0.25, -0.2) is 8.42 Å². The van der Waals surface area contributed by atoms with Gasteiger partial charge in [-0.3, -0.25) is 4.72 Å². The smallest absolute Gasteiger partial charge is 0.229 e. The largest absolute Gasteiger partial charge is 0.290 e. The number of sulfonamides is 1. The van der Waals surface area contributed by atoms with Crippen LogP contribution in [0.15, 0.2) is 66.2 Å². The molecule has 0 saturated carbocycles. The second-order valence-electron chi connectivity index (χ2n) is 4.95. The van der Waals surface area contributed by atoms with E-state index in [1.807, 2.05) is 53.9 Å². The third kappa shape index (κ3) is 3.21. The van der Waals surface area contributed by atoms with Crippen molar-refractivity contribution in [3.63, 3.8) is 0 Å². The van der Waals surface area contributed by atoms with Crippen molar-refractivity contribution >= 4 is 26.9 Å². The predicted octanol–water partition coefficient (Wildman–Crippen LogP) is 3.79. The number of fused-ring (bicyclic) bond motifs is 1. The summed E-state index contributed by atoms with van der Waals surface area (Å²) in [5.74, 6) is 0. The van der Waals surface area contributed by atoms with Crippen LogP contribution in [0.3, 0.4) is 0 Å². The zero-order chi connectivity index (χ0) is 15.6. The molecule has 1 aromatic heterocycles. The molecule has 2 aliphatic rings. The van der Waals surface area contributed by atoms with Crippen LogP contribution >= 0.6 is 11.3 Å². The van der Waals surface area contributed by atoms with Crippen molar-refractivity contribution in [2.24, 2.45) is 0 Å². The predicted molar refractivity (Wildman–Crippen MR) is 92.4 cm³/mol. The van der Waals surface area contributed by atoms with Gasteiger partial charge in [0, 0.05) is 16.7 Å². The summed E-state index contributed by atoms with van der Waals surface area (Å²) in [7, 11) is -3.29. The normalized spacial score (nSPS) is 12.5. The third-order valence-corrected chi connectivity index (χ3v) is 4.73. The van der Waals surface area contributed by atoms with E-state index < -0.39 is 10.0 Å². The first-order valence-electron chi connectivity index (χ1n) is 6.74.